The van der Waals surface area contributed by atoms with E-state index in [-0.39, 0.29) is 0 Å². The van der Waals surface area contributed by atoms with Crippen molar-refractivity contribution in [3.05, 3.63) is 12.8 Å². The normalized spacial score (nSPS) is 17.3. The van der Waals surface area contributed by atoms with Gasteiger partial charge >= 0.3 is 0 Å². The molecule has 1 saturated carbocycles. The summed E-state index contributed by atoms with van der Waals surface area (Å²) in [6.45, 7) is 2.92. The second-order valence-corrected chi connectivity index (χ2v) is 2.30. The van der Waals surface area contributed by atoms with Gasteiger partial charge in [-0.05, 0) is 0 Å². The summed E-state index contributed by atoms with van der Waals surface area (Å²) >= 11 is 0. The fourth-order valence-electron chi connectivity index (χ4n) is 1.06. The van der Waals surface area contributed by atoms with Crippen molar-refractivity contribution in [1.82, 2.24) is 0 Å². The molecule has 1 aliphatic rings. The van der Waals surface area contributed by atoms with Gasteiger partial charge in [0.05, 0.1) is 6.26 Å². The lowest BCUT2D eigenvalue weighted by molar-refractivity contribution is 0.476. The number of hydrogen-bond donors (Lipinski definition) is 1. The van der Waals surface area contributed by atoms with E-state index in [1.807, 2.05) is 0 Å². The molecule has 0 atom stereocenters. The Morgan fingerprint density at radius 2 is 1.00 bits per heavy atom. The van der Waals surface area contributed by atoms with E-state index in [0.29, 0.717) is 0 Å². The average molecular weight is 128 g/mol. The van der Waals surface area contributed by atoms with Gasteiger partial charge in [0.1, 0.15) is 0 Å². The van der Waals surface area contributed by atoms with E-state index in [2.05, 4.69) is 6.58 Å². The zero-order valence-electron chi connectivity index (χ0n) is 5.97. The number of aliphatic hydroxyl groups excluding tert-OH is 1. The van der Waals surface area contributed by atoms with Crippen molar-refractivity contribution in [3.63, 3.8) is 0 Å². The van der Waals surface area contributed by atoms with Gasteiger partial charge < -0.3 is 5.11 Å². The zero-order chi connectivity index (χ0) is 6.95. The quantitative estimate of drug-likeness (QED) is 0.497. The molecule has 0 aliphatic heterocycles. The standard InChI is InChI=1S/C6H12.C2H4O/c1-2-4-6-5-3-1;1-2-3/h1-6H2;2-3H,1H2. The Balaban J connectivity index is 0.000000187. The van der Waals surface area contributed by atoms with Gasteiger partial charge in [-0.15, -0.1) is 0 Å². The summed E-state index contributed by atoms with van der Waals surface area (Å²) in [5, 5.41) is 7.33. The summed E-state index contributed by atoms with van der Waals surface area (Å²) in [5.41, 5.74) is 0. The highest BCUT2D eigenvalue weighted by atomic mass is 16.2. The highest BCUT2D eigenvalue weighted by molar-refractivity contribution is 4.51. The lowest BCUT2D eigenvalue weighted by Crippen LogP contribution is -1.85. The Morgan fingerprint density at radius 1 is 0.889 bits per heavy atom. The van der Waals surface area contributed by atoms with Crippen molar-refractivity contribution < 1.29 is 5.11 Å². The number of hydrogen-bond acceptors (Lipinski definition) is 1. The van der Waals surface area contributed by atoms with Gasteiger partial charge in [-0.2, -0.15) is 0 Å². The summed E-state index contributed by atoms with van der Waals surface area (Å²) < 4.78 is 0. The summed E-state index contributed by atoms with van der Waals surface area (Å²) in [6, 6.07) is 0. The van der Waals surface area contributed by atoms with Crippen molar-refractivity contribution in [3.8, 4) is 0 Å². The van der Waals surface area contributed by atoms with Crippen LogP contribution in [0, 0.1) is 0 Å². The number of aliphatic hydroxyl groups is 1. The van der Waals surface area contributed by atoms with Crippen molar-refractivity contribution in [2.24, 2.45) is 0 Å². The maximum atomic E-state index is 7.33. The topological polar surface area (TPSA) is 20.2 Å². The minimum absolute atomic E-state index is 0.750. The smallest absolute Gasteiger partial charge is 0.0719 e. The van der Waals surface area contributed by atoms with E-state index in [0.717, 1.165) is 6.26 Å². The second-order valence-electron chi connectivity index (χ2n) is 2.30. The lowest BCUT2D eigenvalue weighted by atomic mass is 10.0. The molecule has 1 N–H and O–H groups in total. The van der Waals surface area contributed by atoms with Crippen LogP contribution >= 0.6 is 0 Å². The van der Waals surface area contributed by atoms with Crippen molar-refractivity contribution >= 4 is 0 Å². The highest BCUT2D eigenvalue weighted by Gasteiger charge is 1.95. The third-order valence-corrected chi connectivity index (χ3v) is 1.50. The highest BCUT2D eigenvalue weighted by Crippen LogP contribution is 2.15. The Bertz CT molecular complexity index is 44.1. The van der Waals surface area contributed by atoms with Crippen molar-refractivity contribution in [2.75, 3.05) is 0 Å². The monoisotopic (exact) mass is 128 g/mol. The summed E-state index contributed by atoms with van der Waals surface area (Å²) in [4.78, 5) is 0. The minimum atomic E-state index is 0.750. The molecular formula is C8H16O. The van der Waals surface area contributed by atoms with Gasteiger partial charge in [0.2, 0.25) is 0 Å². The molecule has 0 unspecified atom stereocenters. The fraction of sp³-hybridized carbons (Fsp3) is 0.750. The van der Waals surface area contributed by atoms with Crippen LogP contribution in [0.3, 0.4) is 0 Å². The Kier molecular flexibility index (Phi) is 7.15. The van der Waals surface area contributed by atoms with Crippen LogP contribution in [-0.2, 0) is 0 Å². The molecular weight excluding hydrogens is 112 g/mol. The SMILES string of the molecule is C1CCCCC1.C=CO. The van der Waals surface area contributed by atoms with Gasteiger partial charge in [0.15, 0.2) is 0 Å². The molecule has 1 nitrogen and oxygen atoms in total. The largest absolute Gasteiger partial charge is 0.516 e. The minimum Gasteiger partial charge on any atom is -0.516 e. The zero-order valence-corrected chi connectivity index (χ0v) is 5.97. The van der Waals surface area contributed by atoms with Crippen molar-refractivity contribution in [2.45, 2.75) is 38.5 Å². The van der Waals surface area contributed by atoms with Gasteiger partial charge in [-0.25, -0.2) is 0 Å². The molecule has 9 heavy (non-hydrogen) atoms. The predicted octanol–water partition coefficient (Wildman–Crippen LogP) is 3.03. The first-order valence-electron chi connectivity index (χ1n) is 3.67. The maximum Gasteiger partial charge on any atom is 0.0719 e. The van der Waals surface area contributed by atoms with Gasteiger partial charge in [0.25, 0.3) is 0 Å². The molecule has 0 aromatic rings. The third kappa shape index (κ3) is 7.54. The van der Waals surface area contributed by atoms with Crippen LogP contribution in [-0.4, -0.2) is 5.11 Å². The molecule has 1 rings (SSSR count). The molecule has 0 saturated heterocycles. The summed E-state index contributed by atoms with van der Waals surface area (Å²) in [7, 11) is 0. The van der Waals surface area contributed by atoms with E-state index in [1.54, 1.807) is 0 Å². The lowest BCUT2D eigenvalue weighted by Gasteiger charge is -2.05. The average Bonchev–Trinajstić information content (AvgIpc) is 1.93. The van der Waals surface area contributed by atoms with Crippen molar-refractivity contribution in [1.29, 1.82) is 0 Å². The van der Waals surface area contributed by atoms with Gasteiger partial charge in [-0.3, -0.25) is 0 Å². The molecule has 0 spiro atoms. The van der Waals surface area contributed by atoms with Crippen LogP contribution in [0.1, 0.15) is 38.5 Å². The Morgan fingerprint density at radius 3 is 1.11 bits per heavy atom. The van der Waals surface area contributed by atoms with E-state index < -0.39 is 0 Å². The van der Waals surface area contributed by atoms with E-state index in [4.69, 9.17) is 5.11 Å². The van der Waals surface area contributed by atoms with Crippen LogP contribution in [0.25, 0.3) is 0 Å². The second kappa shape index (κ2) is 7.54. The molecule has 0 aromatic heterocycles. The van der Waals surface area contributed by atoms with Crippen LogP contribution in [0.5, 0.6) is 0 Å². The van der Waals surface area contributed by atoms with Crippen LogP contribution < -0.4 is 0 Å². The van der Waals surface area contributed by atoms with Crippen LogP contribution in [0.2, 0.25) is 0 Å². The first kappa shape index (κ1) is 8.54. The molecule has 1 fully saturated rings. The fourth-order valence-corrected chi connectivity index (χ4v) is 1.06. The first-order valence-corrected chi connectivity index (χ1v) is 3.67. The first-order chi connectivity index (χ1) is 4.41. The van der Waals surface area contributed by atoms with E-state index >= 15 is 0 Å². The van der Waals surface area contributed by atoms with Crippen LogP contribution in [0.15, 0.2) is 12.8 Å². The maximum absolute atomic E-state index is 7.33. The molecule has 0 bridgehead atoms. The molecule has 1 aliphatic carbocycles. The van der Waals surface area contributed by atoms with Crippen LogP contribution in [0.4, 0.5) is 0 Å². The van der Waals surface area contributed by atoms with E-state index in [9.17, 15) is 0 Å². The predicted molar refractivity (Wildman–Crippen MR) is 40.5 cm³/mol. The van der Waals surface area contributed by atoms with Gasteiger partial charge in [0, 0.05) is 0 Å². The Hall–Kier alpha value is -0.460. The molecule has 0 aromatic carbocycles. The third-order valence-electron chi connectivity index (χ3n) is 1.50. The Labute approximate surface area is 57.4 Å². The van der Waals surface area contributed by atoms with Gasteiger partial charge in [-0.1, -0.05) is 45.1 Å². The molecule has 54 valence electrons. The molecule has 0 amide bonds. The summed E-state index contributed by atoms with van der Waals surface area (Å²) in [5.74, 6) is 0. The molecule has 0 radical (unpaired) electrons. The van der Waals surface area contributed by atoms with E-state index in [1.165, 1.54) is 38.5 Å². The summed E-state index contributed by atoms with van der Waals surface area (Å²) in [6.07, 6.45) is 9.75. The molecule has 0 heterocycles. The number of rotatable bonds is 0. The molecule has 1 heteroatoms.